The number of hydrogen-bond acceptors (Lipinski definition) is 3. The molecule has 0 saturated heterocycles. The Balaban J connectivity index is 3.15. The van der Waals surface area contributed by atoms with Crippen molar-refractivity contribution in [2.45, 2.75) is 6.92 Å². The lowest BCUT2D eigenvalue weighted by molar-refractivity contribution is 1.26. The quantitative estimate of drug-likeness (QED) is 0.533. The Bertz CT molecular complexity index is 222. The molecule has 0 aliphatic carbocycles. The summed E-state index contributed by atoms with van der Waals surface area (Å²) in [6.45, 7) is 1.82. The molecule has 0 unspecified atom stereocenters. The maximum atomic E-state index is 9.94. The fourth-order valence-electron chi connectivity index (χ4n) is 0.551. The van der Waals surface area contributed by atoms with E-state index in [1.165, 1.54) is 6.20 Å². The zero-order valence-electron chi connectivity index (χ0n) is 5.03. The molecular formula is C6H6N2O. The number of hydrogen-bond donors (Lipinski definition) is 0. The van der Waals surface area contributed by atoms with Gasteiger partial charge in [-0.3, -0.25) is 4.98 Å². The molecule has 0 aliphatic rings. The van der Waals surface area contributed by atoms with E-state index < -0.39 is 0 Å². The van der Waals surface area contributed by atoms with E-state index in [1.807, 2.05) is 6.92 Å². The minimum atomic E-state index is 0.414. The molecule has 1 heterocycles. The molecule has 1 aromatic rings. The Kier molecular flexibility index (Phi) is 1.53. The van der Waals surface area contributed by atoms with E-state index in [4.69, 9.17) is 0 Å². The van der Waals surface area contributed by atoms with E-state index >= 15 is 0 Å². The van der Waals surface area contributed by atoms with Crippen LogP contribution in [-0.2, 0) is 0 Å². The molecule has 0 N–H and O–H groups in total. The summed E-state index contributed by atoms with van der Waals surface area (Å²) < 4.78 is 0. The van der Waals surface area contributed by atoms with Gasteiger partial charge in [0, 0.05) is 6.20 Å². The van der Waals surface area contributed by atoms with Crippen molar-refractivity contribution in [3.8, 4) is 0 Å². The Hall–Kier alpha value is -1.25. The fourth-order valence-corrected chi connectivity index (χ4v) is 0.551. The highest BCUT2D eigenvalue weighted by molar-refractivity contribution is 5.41. The summed E-state index contributed by atoms with van der Waals surface area (Å²) in [4.78, 5) is 13.7. The van der Waals surface area contributed by atoms with Crippen molar-refractivity contribution in [2.24, 2.45) is 5.18 Å². The average Bonchev–Trinajstić information content (AvgIpc) is 1.89. The van der Waals surface area contributed by atoms with Gasteiger partial charge in [-0.25, -0.2) is 0 Å². The van der Waals surface area contributed by atoms with Gasteiger partial charge in [-0.2, -0.15) is 0 Å². The molecule has 9 heavy (non-hydrogen) atoms. The van der Waals surface area contributed by atoms with Gasteiger partial charge >= 0.3 is 0 Å². The van der Waals surface area contributed by atoms with E-state index in [0.29, 0.717) is 5.69 Å². The van der Waals surface area contributed by atoms with E-state index in [9.17, 15) is 4.91 Å². The molecule has 0 aliphatic heterocycles. The molecule has 0 saturated carbocycles. The van der Waals surface area contributed by atoms with Crippen LogP contribution in [-0.4, -0.2) is 4.98 Å². The van der Waals surface area contributed by atoms with E-state index in [0.717, 1.165) is 5.56 Å². The molecule has 1 rings (SSSR count). The van der Waals surface area contributed by atoms with E-state index in [1.54, 1.807) is 12.3 Å². The SMILES string of the molecule is Cc1ccncc1N=O. The van der Waals surface area contributed by atoms with Crippen LogP contribution in [0.15, 0.2) is 23.6 Å². The molecule has 0 spiro atoms. The van der Waals surface area contributed by atoms with Gasteiger partial charge in [0.15, 0.2) is 0 Å². The van der Waals surface area contributed by atoms with Crippen molar-refractivity contribution in [3.63, 3.8) is 0 Å². The van der Waals surface area contributed by atoms with Gasteiger partial charge in [-0.05, 0) is 23.7 Å². The van der Waals surface area contributed by atoms with Crippen LogP contribution in [0.25, 0.3) is 0 Å². The molecule has 0 radical (unpaired) electrons. The predicted octanol–water partition coefficient (Wildman–Crippen LogP) is 1.79. The number of pyridine rings is 1. The molecule has 0 amide bonds. The summed E-state index contributed by atoms with van der Waals surface area (Å²) in [6.07, 6.45) is 3.08. The van der Waals surface area contributed by atoms with Gasteiger partial charge < -0.3 is 0 Å². The number of rotatable bonds is 1. The van der Waals surface area contributed by atoms with Crippen LogP contribution in [0.5, 0.6) is 0 Å². The zero-order chi connectivity index (χ0) is 6.69. The third-order valence-electron chi connectivity index (χ3n) is 1.11. The number of aromatic nitrogens is 1. The normalized spacial score (nSPS) is 9.00. The molecule has 3 nitrogen and oxygen atoms in total. The molecule has 3 heteroatoms. The average molecular weight is 122 g/mol. The zero-order valence-corrected chi connectivity index (χ0v) is 5.03. The van der Waals surface area contributed by atoms with Crippen molar-refractivity contribution in [3.05, 3.63) is 28.9 Å². The van der Waals surface area contributed by atoms with Crippen LogP contribution in [0.4, 0.5) is 5.69 Å². The van der Waals surface area contributed by atoms with Crippen molar-refractivity contribution >= 4 is 5.69 Å². The van der Waals surface area contributed by atoms with Gasteiger partial charge in [-0.15, -0.1) is 4.91 Å². The van der Waals surface area contributed by atoms with Gasteiger partial charge in [0.2, 0.25) is 0 Å². The molecule has 0 aromatic carbocycles. The van der Waals surface area contributed by atoms with Crippen LogP contribution < -0.4 is 0 Å². The summed E-state index contributed by atoms with van der Waals surface area (Å²) in [5.41, 5.74) is 1.28. The highest BCUT2D eigenvalue weighted by Crippen LogP contribution is 2.13. The lowest BCUT2D eigenvalue weighted by Gasteiger charge is -1.90. The Labute approximate surface area is 52.7 Å². The Morgan fingerprint density at radius 2 is 2.44 bits per heavy atom. The highest BCUT2D eigenvalue weighted by atomic mass is 16.3. The lowest BCUT2D eigenvalue weighted by atomic mass is 10.3. The van der Waals surface area contributed by atoms with Crippen molar-refractivity contribution < 1.29 is 0 Å². The summed E-state index contributed by atoms with van der Waals surface area (Å²) >= 11 is 0. The summed E-state index contributed by atoms with van der Waals surface area (Å²) in [7, 11) is 0. The van der Waals surface area contributed by atoms with E-state index in [-0.39, 0.29) is 0 Å². The van der Waals surface area contributed by atoms with Crippen LogP contribution in [0, 0.1) is 11.8 Å². The van der Waals surface area contributed by atoms with E-state index in [2.05, 4.69) is 10.2 Å². The summed E-state index contributed by atoms with van der Waals surface area (Å²) in [5.74, 6) is 0. The molecule has 0 fully saturated rings. The van der Waals surface area contributed by atoms with Crippen LogP contribution in [0.2, 0.25) is 0 Å². The first-order valence-corrected chi connectivity index (χ1v) is 2.58. The maximum absolute atomic E-state index is 9.94. The first-order chi connectivity index (χ1) is 4.34. The second-order valence-electron chi connectivity index (χ2n) is 1.75. The fraction of sp³-hybridized carbons (Fsp3) is 0.167. The van der Waals surface area contributed by atoms with Gasteiger partial charge in [0.25, 0.3) is 0 Å². The van der Waals surface area contributed by atoms with Crippen molar-refractivity contribution in [2.75, 3.05) is 0 Å². The third-order valence-corrected chi connectivity index (χ3v) is 1.11. The van der Waals surface area contributed by atoms with Crippen LogP contribution in [0.1, 0.15) is 5.56 Å². The second-order valence-corrected chi connectivity index (χ2v) is 1.75. The standard InChI is InChI=1S/C6H6N2O/c1-5-2-3-7-4-6(5)8-9/h2-4H,1H3. The largest absolute Gasteiger partial charge is 0.262 e. The minimum absolute atomic E-state index is 0.414. The highest BCUT2D eigenvalue weighted by Gasteiger charge is 1.92. The maximum Gasteiger partial charge on any atom is 0.129 e. The van der Waals surface area contributed by atoms with Crippen molar-refractivity contribution in [1.82, 2.24) is 4.98 Å². The molecule has 0 atom stereocenters. The number of nitrogens with zero attached hydrogens (tertiary/aromatic N) is 2. The molecular weight excluding hydrogens is 116 g/mol. The monoisotopic (exact) mass is 122 g/mol. The Morgan fingerprint density at radius 1 is 1.67 bits per heavy atom. The minimum Gasteiger partial charge on any atom is -0.262 e. The second kappa shape index (κ2) is 2.35. The molecule has 46 valence electrons. The number of nitroso groups, excluding NO2 is 1. The Morgan fingerprint density at radius 3 is 2.89 bits per heavy atom. The van der Waals surface area contributed by atoms with Gasteiger partial charge in [0.1, 0.15) is 5.69 Å². The molecule has 1 aromatic heterocycles. The van der Waals surface area contributed by atoms with Crippen LogP contribution in [0.3, 0.4) is 0 Å². The van der Waals surface area contributed by atoms with Gasteiger partial charge in [-0.1, -0.05) is 0 Å². The molecule has 0 bridgehead atoms. The number of aryl methyl sites for hydroxylation is 1. The topological polar surface area (TPSA) is 42.3 Å². The summed E-state index contributed by atoms with van der Waals surface area (Å²) in [5, 5.41) is 2.76. The summed E-state index contributed by atoms with van der Waals surface area (Å²) in [6, 6.07) is 1.75. The van der Waals surface area contributed by atoms with Gasteiger partial charge in [0.05, 0.1) is 6.20 Å². The third kappa shape index (κ3) is 1.10. The first kappa shape index (κ1) is 5.88. The van der Waals surface area contributed by atoms with Crippen LogP contribution >= 0.6 is 0 Å². The van der Waals surface area contributed by atoms with Crippen molar-refractivity contribution in [1.29, 1.82) is 0 Å². The first-order valence-electron chi connectivity index (χ1n) is 2.58. The predicted molar refractivity (Wildman–Crippen MR) is 34.4 cm³/mol. The smallest absolute Gasteiger partial charge is 0.129 e. The lowest BCUT2D eigenvalue weighted by Crippen LogP contribution is -1.73.